The zero-order chi connectivity index (χ0) is 11.4. The number of imidazole rings is 1. The Morgan fingerprint density at radius 3 is 2.94 bits per heavy atom. The van der Waals surface area contributed by atoms with Gasteiger partial charge in [-0.1, -0.05) is 6.07 Å². The fraction of sp³-hybridized carbons (Fsp3) is 0.417. The van der Waals surface area contributed by atoms with Crippen molar-refractivity contribution < 1.29 is 0 Å². The summed E-state index contributed by atoms with van der Waals surface area (Å²) in [5, 5.41) is 5.49. The lowest BCUT2D eigenvalue weighted by molar-refractivity contribution is 0.537. The molecule has 1 atom stereocenters. The minimum atomic E-state index is 0.458. The highest BCUT2D eigenvalue weighted by molar-refractivity contribution is 7.09. The van der Waals surface area contributed by atoms with Crippen LogP contribution >= 0.6 is 11.3 Å². The third-order valence-electron chi connectivity index (χ3n) is 2.79. The van der Waals surface area contributed by atoms with Crippen LogP contribution in [0.2, 0.25) is 0 Å². The van der Waals surface area contributed by atoms with Crippen molar-refractivity contribution >= 4 is 11.3 Å². The fourth-order valence-corrected chi connectivity index (χ4v) is 2.55. The fourth-order valence-electron chi connectivity index (χ4n) is 1.76. The number of aryl methyl sites for hydroxylation is 1. The molecule has 4 heteroatoms. The zero-order valence-electron chi connectivity index (χ0n) is 9.68. The molecule has 86 valence electrons. The van der Waals surface area contributed by atoms with Gasteiger partial charge >= 0.3 is 0 Å². The quantitative estimate of drug-likeness (QED) is 0.857. The molecule has 0 aliphatic carbocycles. The van der Waals surface area contributed by atoms with Gasteiger partial charge in [0.2, 0.25) is 0 Å². The van der Waals surface area contributed by atoms with Crippen molar-refractivity contribution in [1.29, 1.82) is 0 Å². The molecule has 0 aliphatic heterocycles. The van der Waals surface area contributed by atoms with E-state index < -0.39 is 0 Å². The average Bonchev–Trinajstić information content (AvgIpc) is 2.90. The first-order chi connectivity index (χ1) is 7.79. The van der Waals surface area contributed by atoms with Crippen LogP contribution in [-0.2, 0) is 19.9 Å². The molecule has 0 fully saturated rings. The second kappa shape index (κ2) is 5.27. The maximum atomic E-state index is 4.36. The first-order valence-corrected chi connectivity index (χ1v) is 6.33. The predicted octanol–water partition coefficient (Wildman–Crippen LogP) is 1.85. The number of rotatable bonds is 5. The van der Waals surface area contributed by atoms with Crippen LogP contribution in [0.4, 0.5) is 0 Å². The van der Waals surface area contributed by atoms with Gasteiger partial charge in [-0.3, -0.25) is 0 Å². The summed E-state index contributed by atoms with van der Waals surface area (Å²) in [6.45, 7) is 0. The maximum Gasteiger partial charge on any atom is 0.109 e. The number of hydrogen-bond acceptors (Lipinski definition) is 3. The highest BCUT2D eigenvalue weighted by Gasteiger charge is 2.11. The largest absolute Gasteiger partial charge is 0.338 e. The van der Waals surface area contributed by atoms with Crippen LogP contribution in [0.15, 0.2) is 29.9 Å². The van der Waals surface area contributed by atoms with E-state index in [1.54, 1.807) is 0 Å². The summed E-state index contributed by atoms with van der Waals surface area (Å²) < 4.78 is 2.08. The minimum Gasteiger partial charge on any atom is -0.338 e. The molecular weight excluding hydrogens is 218 g/mol. The normalized spacial score (nSPS) is 12.9. The molecule has 0 amide bonds. The van der Waals surface area contributed by atoms with Crippen molar-refractivity contribution in [1.82, 2.24) is 14.9 Å². The lowest BCUT2D eigenvalue weighted by Crippen LogP contribution is -2.30. The summed E-state index contributed by atoms with van der Waals surface area (Å²) in [5.74, 6) is 1.14. The number of nitrogens with zero attached hydrogens (tertiary/aromatic N) is 2. The number of likely N-dealkylation sites (N-methyl/N-ethyl adjacent to an activating group) is 1. The topological polar surface area (TPSA) is 29.9 Å². The first-order valence-electron chi connectivity index (χ1n) is 5.45. The van der Waals surface area contributed by atoms with Crippen LogP contribution < -0.4 is 5.32 Å². The summed E-state index contributed by atoms with van der Waals surface area (Å²) >= 11 is 1.82. The monoisotopic (exact) mass is 235 g/mol. The van der Waals surface area contributed by atoms with E-state index in [-0.39, 0.29) is 0 Å². The molecule has 3 nitrogen and oxygen atoms in total. The van der Waals surface area contributed by atoms with Gasteiger partial charge in [0.15, 0.2) is 0 Å². The van der Waals surface area contributed by atoms with E-state index in [0.717, 1.165) is 18.7 Å². The highest BCUT2D eigenvalue weighted by Crippen LogP contribution is 2.13. The molecule has 1 unspecified atom stereocenters. The molecule has 2 rings (SSSR count). The van der Waals surface area contributed by atoms with Crippen molar-refractivity contribution in [3.63, 3.8) is 0 Å². The van der Waals surface area contributed by atoms with Crippen LogP contribution in [0.25, 0.3) is 0 Å². The van der Waals surface area contributed by atoms with Crippen LogP contribution in [-0.4, -0.2) is 22.6 Å². The van der Waals surface area contributed by atoms with Crippen LogP contribution in [0, 0.1) is 0 Å². The second-order valence-corrected chi connectivity index (χ2v) is 4.96. The third-order valence-corrected chi connectivity index (χ3v) is 3.68. The van der Waals surface area contributed by atoms with Crippen molar-refractivity contribution in [2.75, 3.05) is 7.05 Å². The third kappa shape index (κ3) is 2.71. The van der Waals surface area contributed by atoms with Crippen LogP contribution in [0.1, 0.15) is 10.7 Å². The standard InChI is InChI=1S/C12H17N3S/c1-13-10(8-11-4-3-7-16-11)9-12-14-5-6-15(12)2/h3-7,10,13H,8-9H2,1-2H3. The number of aromatic nitrogens is 2. The lowest BCUT2D eigenvalue weighted by Gasteiger charge is -2.14. The smallest absolute Gasteiger partial charge is 0.109 e. The summed E-state index contributed by atoms with van der Waals surface area (Å²) in [7, 11) is 4.06. The molecule has 2 heterocycles. The van der Waals surface area contributed by atoms with E-state index in [9.17, 15) is 0 Å². The van der Waals surface area contributed by atoms with Crippen LogP contribution in [0.5, 0.6) is 0 Å². The molecule has 16 heavy (non-hydrogen) atoms. The minimum absolute atomic E-state index is 0.458. The van der Waals surface area contributed by atoms with Gasteiger partial charge in [-0.15, -0.1) is 11.3 Å². The first kappa shape index (κ1) is 11.4. The van der Waals surface area contributed by atoms with Gasteiger partial charge in [-0.2, -0.15) is 0 Å². The van der Waals surface area contributed by atoms with Gasteiger partial charge in [-0.25, -0.2) is 4.98 Å². The molecular formula is C12H17N3S. The van der Waals surface area contributed by atoms with Gasteiger partial charge in [0, 0.05) is 36.8 Å². The highest BCUT2D eigenvalue weighted by atomic mass is 32.1. The number of hydrogen-bond donors (Lipinski definition) is 1. The Hall–Kier alpha value is -1.13. The molecule has 1 N–H and O–H groups in total. The summed E-state index contributed by atoms with van der Waals surface area (Å²) in [4.78, 5) is 5.78. The van der Waals surface area contributed by atoms with Crippen molar-refractivity contribution in [2.45, 2.75) is 18.9 Å². The molecule has 0 bridgehead atoms. The summed E-state index contributed by atoms with van der Waals surface area (Å²) in [6, 6.07) is 4.75. The van der Waals surface area contributed by atoms with Gasteiger partial charge in [0.25, 0.3) is 0 Å². The Bertz CT molecular complexity index is 419. The summed E-state index contributed by atoms with van der Waals surface area (Å²) in [6.07, 6.45) is 5.89. The average molecular weight is 235 g/mol. The Balaban J connectivity index is 1.98. The van der Waals surface area contributed by atoms with Crippen LogP contribution in [0.3, 0.4) is 0 Å². The zero-order valence-corrected chi connectivity index (χ0v) is 10.5. The molecule has 0 saturated heterocycles. The van der Waals surface area contributed by atoms with E-state index in [2.05, 4.69) is 32.4 Å². The van der Waals surface area contributed by atoms with Crippen molar-refractivity contribution in [2.24, 2.45) is 7.05 Å². The van der Waals surface area contributed by atoms with E-state index in [4.69, 9.17) is 0 Å². The van der Waals surface area contributed by atoms with Crippen molar-refractivity contribution in [3.05, 3.63) is 40.6 Å². The molecule has 2 aromatic rings. The Morgan fingerprint density at radius 1 is 1.50 bits per heavy atom. The molecule has 0 aromatic carbocycles. The Morgan fingerprint density at radius 2 is 2.38 bits per heavy atom. The van der Waals surface area contributed by atoms with Gasteiger partial charge in [0.05, 0.1) is 0 Å². The number of nitrogens with one attached hydrogen (secondary N) is 1. The predicted molar refractivity (Wildman–Crippen MR) is 67.8 cm³/mol. The van der Waals surface area contributed by atoms with E-state index in [1.807, 2.05) is 37.8 Å². The van der Waals surface area contributed by atoms with Gasteiger partial charge in [0.1, 0.15) is 5.82 Å². The Labute approximate surface area is 100 Å². The second-order valence-electron chi connectivity index (χ2n) is 3.93. The molecule has 0 radical (unpaired) electrons. The SMILES string of the molecule is CNC(Cc1cccs1)Cc1nccn1C. The van der Waals surface area contributed by atoms with Crippen molar-refractivity contribution in [3.8, 4) is 0 Å². The maximum absolute atomic E-state index is 4.36. The Kier molecular flexibility index (Phi) is 3.74. The molecule has 0 aliphatic rings. The van der Waals surface area contributed by atoms with E-state index in [0.29, 0.717) is 6.04 Å². The summed E-state index contributed by atoms with van der Waals surface area (Å²) in [5.41, 5.74) is 0. The number of thiophene rings is 1. The lowest BCUT2D eigenvalue weighted by atomic mass is 10.1. The van der Waals surface area contributed by atoms with E-state index >= 15 is 0 Å². The molecule has 2 aromatic heterocycles. The molecule has 0 spiro atoms. The van der Waals surface area contributed by atoms with Gasteiger partial charge in [-0.05, 0) is 24.9 Å². The molecule has 0 saturated carbocycles. The van der Waals surface area contributed by atoms with E-state index in [1.165, 1.54) is 4.88 Å². The van der Waals surface area contributed by atoms with Gasteiger partial charge < -0.3 is 9.88 Å².